The highest BCUT2D eigenvalue weighted by Crippen LogP contribution is 2.63. The highest BCUT2D eigenvalue weighted by atomic mass is 32.3. The van der Waals surface area contributed by atoms with Gasteiger partial charge in [-0.1, -0.05) is 30.3 Å². The molecular formula is C25H30F2N4O3S. The lowest BCUT2D eigenvalue weighted by Gasteiger charge is -2.54. The first-order chi connectivity index (χ1) is 16.6. The van der Waals surface area contributed by atoms with Gasteiger partial charge in [-0.25, -0.2) is 8.78 Å². The van der Waals surface area contributed by atoms with E-state index in [2.05, 4.69) is 15.5 Å². The van der Waals surface area contributed by atoms with Gasteiger partial charge in [-0.15, -0.1) is 10.8 Å². The summed E-state index contributed by atoms with van der Waals surface area (Å²) in [6.45, 7) is 5.01. The van der Waals surface area contributed by atoms with Gasteiger partial charge in [-0.2, -0.15) is 9.40 Å². The number of carbonyl (C=O) groups is 1. The Bertz CT molecular complexity index is 1200. The minimum Gasteiger partial charge on any atom is -0.344 e. The topological polar surface area (TPSA) is 101 Å². The summed E-state index contributed by atoms with van der Waals surface area (Å²) in [5.41, 5.74) is 1.68. The van der Waals surface area contributed by atoms with Crippen LogP contribution in [0.5, 0.6) is 0 Å². The van der Waals surface area contributed by atoms with Crippen LogP contribution in [0.15, 0.2) is 48.5 Å². The Morgan fingerprint density at radius 2 is 1.91 bits per heavy atom. The fraction of sp³-hybridized carbons (Fsp3) is 0.360. The van der Waals surface area contributed by atoms with Gasteiger partial charge in [0.05, 0.1) is 11.3 Å². The molecular weight excluding hydrogens is 474 g/mol. The molecule has 7 nitrogen and oxygen atoms in total. The van der Waals surface area contributed by atoms with Crippen molar-refractivity contribution in [3.05, 3.63) is 88.2 Å². The van der Waals surface area contributed by atoms with Crippen molar-refractivity contribution >= 4 is 16.7 Å². The Morgan fingerprint density at radius 1 is 1.20 bits per heavy atom. The zero-order valence-electron chi connectivity index (χ0n) is 19.8. The van der Waals surface area contributed by atoms with Gasteiger partial charge in [-0.3, -0.25) is 19.0 Å². The van der Waals surface area contributed by atoms with Gasteiger partial charge < -0.3 is 5.32 Å². The van der Waals surface area contributed by atoms with Crippen molar-refractivity contribution in [3.8, 4) is 0 Å². The van der Waals surface area contributed by atoms with E-state index in [1.807, 2.05) is 37.3 Å². The standard InChI is InChI=1S/C25H30F2N4O3S/c1-15-11-23(30-29-15)25(32)28-17(3)20-13-21(26)19(12-22(20)27)14-31-16(2)9-10-24(35(31,33)34)18-7-5-4-6-8-18/h4-8,11-13,16-17,24,33-34H,9-10,14H2,1-3H3,(H,28,32)(H,29,30)/t16-,17?,24+/m0/s1. The molecule has 0 aliphatic carbocycles. The number of benzene rings is 2. The van der Waals surface area contributed by atoms with Gasteiger partial charge in [0, 0.05) is 29.4 Å². The highest BCUT2D eigenvalue weighted by Gasteiger charge is 2.41. The van der Waals surface area contributed by atoms with Crippen molar-refractivity contribution in [3.63, 3.8) is 0 Å². The third-order valence-electron chi connectivity index (χ3n) is 6.48. The maximum absolute atomic E-state index is 15.1. The third-order valence-corrected chi connectivity index (χ3v) is 8.93. The summed E-state index contributed by atoms with van der Waals surface area (Å²) >= 11 is 0. The predicted molar refractivity (Wildman–Crippen MR) is 132 cm³/mol. The number of carbonyl (C=O) groups excluding carboxylic acids is 1. The van der Waals surface area contributed by atoms with Crippen molar-refractivity contribution in [1.82, 2.24) is 19.8 Å². The van der Waals surface area contributed by atoms with E-state index in [4.69, 9.17) is 0 Å². The Balaban J connectivity index is 1.54. The van der Waals surface area contributed by atoms with Crippen LogP contribution in [0.25, 0.3) is 0 Å². The smallest absolute Gasteiger partial charge is 0.272 e. The largest absolute Gasteiger partial charge is 0.344 e. The van der Waals surface area contributed by atoms with Crippen molar-refractivity contribution in [2.75, 3.05) is 0 Å². The molecule has 35 heavy (non-hydrogen) atoms. The number of nitrogens with zero attached hydrogens (tertiary/aromatic N) is 2. The van der Waals surface area contributed by atoms with Crippen molar-refractivity contribution in [2.45, 2.75) is 57.5 Å². The summed E-state index contributed by atoms with van der Waals surface area (Å²) in [6, 6.07) is 11.9. The van der Waals surface area contributed by atoms with E-state index < -0.39 is 39.6 Å². The van der Waals surface area contributed by atoms with Crippen LogP contribution < -0.4 is 5.32 Å². The second kappa shape index (κ2) is 10.1. The van der Waals surface area contributed by atoms with Gasteiger partial charge in [-0.05, 0) is 57.4 Å². The average Bonchev–Trinajstić information content (AvgIpc) is 3.25. The molecule has 1 fully saturated rings. The van der Waals surface area contributed by atoms with Crippen LogP contribution in [0.2, 0.25) is 0 Å². The zero-order chi connectivity index (χ0) is 25.3. The fourth-order valence-electron chi connectivity index (χ4n) is 4.50. The summed E-state index contributed by atoms with van der Waals surface area (Å²) in [5.74, 6) is -1.87. The zero-order valence-corrected chi connectivity index (χ0v) is 20.6. The minimum atomic E-state index is -3.29. The number of halogens is 2. The van der Waals surface area contributed by atoms with Gasteiger partial charge in [0.1, 0.15) is 17.3 Å². The highest BCUT2D eigenvalue weighted by molar-refractivity contribution is 8.22. The Labute approximate surface area is 205 Å². The summed E-state index contributed by atoms with van der Waals surface area (Å²) in [5, 5.41) is 8.66. The fourth-order valence-corrected chi connectivity index (χ4v) is 6.76. The van der Waals surface area contributed by atoms with Crippen LogP contribution in [-0.2, 0) is 6.54 Å². The number of aryl methyl sites for hydroxylation is 1. The van der Waals surface area contributed by atoms with Crippen molar-refractivity contribution < 1.29 is 22.7 Å². The molecule has 0 saturated carbocycles. The van der Waals surface area contributed by atoms with Gasteiger partial charge >= 0.3 is 0 Å². The maximum Gasteiger partial charge on any atom is 0.272 e. The molecule has 1 saturated heterocycles. The summed E-state index contributed by atoms with van der Waals surface area (Å²) in [7, 11) is -3.29. The van der Waals surface area contributed by atoms with Crippen LogP contribution in [0.1, 0.15) is 70.9 Å². The molecule has 3 aromatic rings. The second-order valence-electron chi connectivity index (χ2n) is 9.06. The molecule has 4 rings (SSSR count). The number of hydrogen-bond donors (Lipinski definition) is 4. The number of rotatable bonds is 6. The predicted octanol–water partition coefficient (Wildman–Crippen LogP) is 5.88. The average molecular weight is 505 g/mol. The summed E-state index contributed by atoms with van der Waals surface area (Å²) in [6.07, 6.45) is 1.28. The minimum absolute atomic E-state index is 0.00711. The van der Waals surface area contributed by atoms with Crippen LogP contribution in [-0.4, -0.2) is 35.6 Å². The van der Waals surface area contributed by atoms with Gasteiger partial charge in [0.15, 0.2) is 0 Å². The Kier molecular flexibility index (Phi) is 7.27. The monoisotopic (exact) mass is 504 g/mol. The normalized spacial score (nSPS) is 21.9. The van der Waals surface area contributed by atoms with E-state index in [0.29, 0.717) is 18.5 Å². The molecule has 3 atom stereocenters. The lowest BCUT2D eigenvalue weighted by Crippen LogP contribution is -2.41. The number of aromatic nitrogens is 2. The first-order valence-corrected chi connectivity index (χ1v) is 13.0. The third kappa shape index (κ3) is 5.25. The Morgan fingerprint density at radius 3 is 2.57 bits per heavy atom. The molecule has 4 N–H and O–H groups in total. The van der Waals surface area contributed by atoms with E-state index in [1.54, 1.807) is 19.9 Å². The van der Waals surface area contributed by atoms with Crippen molar-refractivity contribution in [2.24, 2.45) is 0 Å². The first kappa shape index (κ1) is 25.3. The van der Waals surface area contributed by atoms with E-state index in [9.17, 15) is 13.9 Å². The van der Waals surface area contributed by atoms with E-state index in [1.165, 1.54) is 4.31 Å². The maximum atomic E-state index is 15.1. The number of amides is 1. The van der Waals surface area contributed by atoms with E-state index in [-0.39, 0.29) is 29.4 Å². The lowest BCUT2D eigenvalue weighted by atomic mass is 10.0. The molecule has 1 unspecified atom stereocenters. The molecule has 188 valence electrons. The molecule has 0 bridgehead atoms. The van der Waals surface area contributed by atoms with E-state index in [0.717, 1.165) is 17.7 Å². The first-order valence-electron chi connectivity index (χ1n) is 11.5. The Hall–Kier alpha value is -2.79. The number of hydrogen-bond acceptors (Lipinski definition) is 5. The molecule has 0 spiro atoms. The van der Waals surface area contributed by atoms with E-state index >= 15 is 8.78 Å². The summed E-state index contributed by atoms with van der Waals surface area (Å²) < 4.78 is 54.0. The molecule has 2 heterocycles. The molecule has 1 aromatic heterocycles. The van der Waals surface area contributed by atoms with Crippen molar-refractivity contribution in [1.29, 1.82) is 0 Å². The van der Waals surface area contributed by atoms with Crippen LogP contribution in [0, 0.1) is 18.6 Å². The molecule has 1 aliphatic heterocycles. The molecule has 2 aromatic carbocycles. The van der Waals surface area contributed by atoms with Crippen LogP contribution >= 0.6 is 10.8 Å². The number of nitrogens with one attached hydrogen (secondary N) is 2. The SMILES string of the molecule is Cc1cc(C(=O)NC(C)c2cc(F)c(CN3[C@@H](C)CC[C@H](c4ccccc4)S3(O)O)cc2F)n[nH]1. The van der Waals surface area contributed by atoms with Crippen LogP contribution in [0.4, 0.5) is 8.78 Å². The number of aromatic amines is 1. The van der Waals surface area contributed by atoms with Gasteiger partial charge in [0.25, 0.3) is 5.91 Å². The molecule has 10 heteroatoms. The number of H-pyrrole nitrogens is 1. The van der Waals surface area contributed by atoms with Crippen LogP contribution in [0.3, 0.4) is 0 Å². The molecule has 1 aliphatic rings. The quantitative estimate of drug-likeness (QED) is 0.336. The molecule has 1 amide bonds. The second-order valence-corrected chi connectivity index (χ2v) is 11.2. The molecule has 0 radical (unpaired) electrons. The van der Waals surface area contributed by atoms with Gasteiger partial charge in [0.2, 0.25) is 0 Å². The lowest BCUT2D eigenvalue weighted by molar-refractivity contribution is 0.0934. The summed E-state index contributed by atoms with van der Waals surface area (Å²) in [4.78, 5) is 12.4.